The smallest absolute Gasteiger partial charge is 0.237 e. The zero-order valence-electron chi connectivity index (χ0n) is 16.5. The van der Waals surface area contributed by atoms with Gasteiger partial charge in [-0.15, -0.1) is 0 Å². The van der Waals surface area contributed by atoms with Gasteiger partial charge in [0.2, 0.25) is 5.91 Å². The highest BCUT2D eigenvalue weighted by molar-refractivity contribution is 5.79. The Labute approximate surface area is 162 Å². The quantitative estimate of drug-likeness (QED) is 0.882. The first kappa shape index (κ1) is 18.9. The average Bonchev–Trinajstić information content (AvgIpc) is 2.71. The molecule has 0 aromatic heterocycles. The summed E-state index contributed by atoms with van der Waals surface area (Å²) in [6.45, 7) is 5.20. The highest BCUT2D eigenvalue weighted by Gasteiger charge is 2.50. The van der Waals surface area contributed by atoms with Crippen molar-refractivity contribution in [3.63, 3.8) is 0 Å². The highest BCUT2D eigenvalue weighted by Crippen LogP contribution is 2.46. The van der Waals surface area contributed by atoms with Crippen molar-refractivity contribution in [3.8, 4) is 0 Å². The molecule has 2 aliphatic heterocycles. The predicted molar refractivity (Wildman–Crippen MR) is 106 cm³/mol. The summed E-state index contributed by atoms with van der Waals surface area (Å²) in [7, 11) is 2.14. The van der Waals surface area contributed by atoms with Crippen molar-refractivity contribution < 1.29 is 9.90 Å². The highest BCUT2D eigenvalue weighted by atomic mass is 16.3. The number of likely N-dealkylation sites (N-methyl/N-ethyl adjacent to an activating group) is 1. The number of benzene rings is 1. The minimum absolute atomic E-state index is 0.152. The molecule has 3 atom stereocenters. The Bertz CT molecular complexity index is 644. The Morgan fingerprint density at radius 1 is 1.07 bits per heavy atom. The number of hydrogen-bond acceptors (Lipinski definition) is 4. The van der Waals surface area contributed by atoms with Crippen molar-refractivity contribution in [3.05, 3.63) is 35.9 Å². The monoisotopic (exact) mass is 371 g/mol. The van der Waals surface area contributed by atoms with E-state index in [0.717, 1.165) is 57.4 Å². The number of carbonyl (C=O) groups is 1. The maximum atomic E-state index is 13.1. The first-order valence-corrected chi connectivity index (χ1v) is 10.6. The van der Waals surface area contributed by atoms with Crippen molar-refractivity contribution in [2.24, 2.45) is 5.92 Å². The molecule has 2 saturated heterocycles. The maximum absolute atomic E-state index is 13.1. The number of rotatable bonds is 3. The number of aliphatic hydroxyl groups is 1. The Morgan fingerprint density at radius 3 is 2.52 bits per heavy atom. The van der Waals surface area contributed by atoms with E-state index in [1.54, 1.807) is 0 Å². The van der Waals surface area contributed by atoms with Crippen molar-refractivity contribution in [1.82, 2.24) is 14.7 Å². The summed E-state index contributed by atoms with van der Waals surface area (Å²) in [6.07, 6.45) is 4.98. The summed E-state index contributed by atoms with van der Waals surface area (Å²) >= 11 is 0. The third-order valence-corrected chi connectivity index (χ3v) is 7.03. The summed E-state index contributed by atoms with van der Waals surface area (Å²) in [6, 6.07) is 10.3. The molecule has 1 aromatic carbocycles. The van der Waals surface area contributed by atoms with Gasteiger partial charge < -0.3 is 14.9 Å². The van der Waals surface area contributed by atoms with Crippen LogP contribution in [0.25, 0.3) is 0 Å². The Hall–Kier alpha value is -1.43. The number of piperidine rings is 1. The molecule has 5 nitrogen and oxygen atoms in total. The van der Waals surface area contributed by atoms with Gasteiger partial charge in [-0.2, -0.15) is 0 Å². The minimum atomic E-state index is -0.795. The molecule has 0 radical (unpaired) electrons. The molecule has 1 aromatic rings. The summed E-state index contributed by atoms with van der Waals surface area (Å²) in [4.78, 5) is 19.9. The van der Waals surface area contributed by atoms with Crippen LogP contribution in [0.3, 0.4) is 0 Å². The maximum Gasteiger partial charge on any atom is 0.237 e. The molecule has 1 N–H and O–H groups in total. The van der Waals surface area contributed by atoms with E-state index in [1.807, 2.05) is 30.3 Å². The topological polar surface area (TPSA) is 47.0 Å². The molecule has 5 heteroatoms. The number of piperazine rings is 1. The second-order valence-electron chi connectivity index (χ2n) is 8.67. The van der Waals surface area contributed by atoms with Gasteiger partial charge in [-0.3, -0.25) is 9.69 Å². The molecule has 2 heterocycles. The second-order valence-corrected chi connectivity index (χ2v) is 8.67. The van der Waals surface area contributed by atoms with Gasteiger partial charge >= 0.3 is 0 Å². The molecule has 3 fully saturated rings. The van der Waals surface area contributed by atoms with Gasteiger partial charge in [0.05, 0.1) is 12.1 Å². The Balaban J connectivity index is 1.49. The van der Waals surface area contributed by atoms with Gasteiger partial charge in [0.15, 0.2) is 0 Å². The van der Waals surface area contributed by atoms with Crippen LogP contribution in [-0.2, 0) is 10.4 Å². The summed E-state index contributed by atoms with van der Waals surface area (Å²) in [5.74, 6) is 0.408. The Kier molecular flexibility index (Phi) is 5.53. The molecule has 0 spiro atoms. The van der Waals surface area contributed by atoms with Crippen LogP contribution >= 0.6 is 0 Å². The van der Waals surface area contributed by atoms with Crippen molar-refractivity contribution in [1.29, 1.82) is 0 Å². The molecule has 27 heavy (non-hydrogen) atoms. The van der Waals surface area contributed by atoms with E-state index in [4.69, 9.17) is 0 Å². The number of likely N-dealkylation sites (tertiary alicyclic amines) is 1. The molecule has 148 valence electrons. The molecule has 4 rings (SSSR count). The normalized spacial score (nSPS) is 32.9. The van der Waals surface area contributed by atoms with Gasteiger partial charge in [-0.25, -0.2) is 0 Å². The van der Waals surface area contributed by atoms with Gasteiger partial charge in [0.25, 0.3) is 0 Å². The lowest BCUT2D eigenvalue weighted by Gasteiger charge is -2.53. The van der Waals surface area contributed by atoms with Crippen LogP contribution in [0.15, 0.2) is 30.3 Å². The molecule has 1 saturated carbocycles. The first-order chi connectivity index (χ1) is 13.1. The third-order valence-electron chi connectivity index (χ3n) is 7.03. The molecule has 0 bridgehead atoms. The second kappa shape index (κ2) is 7.90. The lowest BCUT2D eigenvalue weighted by Crippen LogP contribution is -2.60. The zero-order valence-corrected chi connectivity index (χ0v) is 16.5. The average molecular weight is 372 g/mol. The standard InChI is InChI=1S/C22H33N3O2/c1-23-13-15-24(16-14-23)17-21(26)25-12-11-22(27,18-7-3-2-4-8-18)19-9-5-6-10-20(19)25/h2-4,7-8,19-20,27H,5-6,9-17H2,1H3/t19-,20?,22-/m1/s1. The van der Waals surface area contributed by atoms with Gasteiger partial charge in [-0.1, -0.05) is 43.2 Å². The van der Waals surface area contributed by atoms with Crippen LogP contribution < -0.4 is 0 Å². The molecule has 3 aliphatic rings. The summed E-state index contributed by atoms with van der Waals surface area (Å²) < 4.78 is 0. The van der Waals surface area contributed by atoms with Crippen LogP contribution in [-0.4, -0.2) is 78.1 Å². The van der Waals surface area contributed by atoms with E-state index >= 15 is 0 Å². The number of nitrogens with zero attached hydrogens (tertiary/aromatic N) is 3. The van der Waals surface area contributed by atoms with E-state index in [1.165, 1.54) is 0 Å². The SMILES string of the molecule is CN1CCN(CC(=O)N2CC[C@@](O)(c3ccccc3)[C@@H]3CCCCC32)CC1. The van der Waals surface area contributed by atoms with Crippen molar-refractivity contribution in [2.45, 2.75) is 43.7 Å². The minimum Gasteiger partial charge on any atom is -0.385 e. The van der Waals surface area contributed by atoms with Crippen LogP contribution in [0.5, 0.6) is 0 Å². The molecular formula is C22H33N3O2. The van der Waals surface area contributed by atoms with Crippen LogP contribution in [0.1, 0.15) is 37.7 Å². The fourth-order valence-corrected chi connectivity index (χ4v) is 5.37. The number of carbonyl (C=O) groups excluding carboxylic acids is 1. The predicted octanol–water partition coefficient (Wildman–Crippen LogP) is 1.91. The third kappa shape index (κ3) is 3.78. The van der Waals surface area contributed by atoms with E-state index < -0.39 is 5.60 Å². The fourth-order valence-electron chi connectivity index (χ4n) is 5.37. The van der Waals surface area contributed by atoms with Gasteiger partial charge in [-0.05, 0) is 31.9 Å². The fraction of sp³-hybridized carbons (Fsp3) is 0.682. The molecule has 1 aliphatic carbocycles. The summed E-state index contributed by atoms with van der Waals surface area (Å²) in [5.41, 5.74) is 0.227. The molecular weight excluding hydrogens is 338 g/mol. The number of fused-ring (bicyclic) bond motifs is 1. The van der Waals surface area contributed by atoms with Crippen LogP contribution in [0, 0.1) is 5.92 Å². The van der Waals surface area contributed by atoms with Crippen LogP contribution in [0.2, 0.25) is 0 Å². The van der Waals surface area contributed by atoms with E-state index in [9.17, 15) is 9.90 Å². The van der Waals surface area contributed by atoms with Crippen molar-refractivity contribution >= 4 is 5.91 Å². The zero-order chi connectivity index (χ0) is 18.9. The van der Waals surface area contributed by atoms with E-state index in [2.05, 4.69) is 21.7 Å². The van der Waals surface area contributed by atoms with Gasteiger partial charge in [0.1, 0.15) is 0 Å². The molecule has 1 unspecified atom stereocenters. The summed E-state index contributed by atoms with van der Waals surface area (Å²) in [5, 5.41) is 11.6. The largest absolute Gasteiger partial charge is 0.385 e. The lowest BCUT2D eigenvalue weighted by atomic mass is 9.66. The van der Waals surface area contributed by atoms with Crippen LogP contribution in [0.4, 0.5) is 0 Å². The first-order valence-electron chi connectivity index (χ1n) is 10.6. The van der Waals surface area contributed by atoms with Crippen molar-refractivity contribution in [2.75, 3.05) is 46.3 Å². The molecule has 1 amide bonds. The number of hydrogen-bond donors (Lipinski definition) is 1. The van der Waals surface area contributed by atoms with E-state index in [-0.39, 0.29) is 17.9 Å². The number of amides is 1. The van der Waals surface area contributed by atoms with Gasteiger partial charge in [0, 0.05) is 44.7 Å². The Morgan fingerprint density at radius 2 is 1.78 bits per heavy atom. The van der Waals surface area contributed by atoms with E-state index in [0.29, 0.717) is 19.5 Å². The lowest BCUT2D eigenvalue weighted by molar-refractivity contribution is -0.156.